The number of rotatable bonds is 4. The molecule has 0 radical (unpaired) electrons. The van der Waals surface area contributed by atoms with Crippen molar-refractivity contribution in [1.82, 2.24) is 0 Å². The third-order valence-corrected chi connectivity index (χ3v) is 2.26. The summed E-state index contributed by atoms with van der Waals surface area (Å²) >= 11 is 0. The molecule has 0 unspecified atom stereocenters. The van der Waals surface area contributed by atoms with E-state index in [1.807, 2.05) is 33.8 Å². The lowest BCUT2D eigenvalue weighted by Crippen LogP contribution is -1.95. The van der Waals surface area contributed by atoms with Crippen LogP contribution in [0.3, 0.4) is 0 Å². The Morgan fingerprint density at radius 1 is 0.882 bits per heavy atom. The van der Waals surface area contributed by atoms with E-state index in [1.54, 1.807) is 0 Å². The van der Waals surface area contributed by atoms with Crippen LogP contribution < -0.4 is 0 Å². The van der Waals surface area contributed by atoms with Gasteiger partial charge in [0.15, 0.2) is 0 Å². The quantitative estimate of drug-likeness (QED) is 0.424. The summed E-state index contributed by atoms with van der Waals surface area (Å²) < 4.78 is 0. The third-order valence-electron chi connectivity index (χ3n) is 2.26. The van der Waals surface area contributed by atoms with Gasteiger partial charge in [-0.15, -0.1) is 13.2 Å². The number of hydrogen-bond acceptors (Lipinski definition) is 0. The second kappa shape index (κ2) is 9.65. The van der Waals surface area contributed by atoms with Crippen molar-refractivity contribution in [3.05, 3.63) is 72.4 Å². The van der Waals surface area contributed by atoms with Crippen LogP contribution in [0.2, 0.25) is 0 Å². The van der Waals surface area contributed by atoms with Gasteiger partial charge in [-0.1, -0.05) is 42.5 Å². The molecule has 0 aliphatic carbocycles. The van der Waals surface area contributed by atoms with Crippen LogP contribution in [0.25, 0.3) is 0 Å². The van der Waals surface area contributed by atoms with Gasteiger partial charge in [-0.25, -0.2) is 0 Å². The van der Waals surface area contributed by atoms with Crippen LogP contribution in [-0.2, 0) is 0 Å². The summed E-state index contributed by atoms with van der Waals surface area (Å²) in [5, 5.41) is 0. The Hall–Kier alpha value is -1.56. The zero-order chi connectivity index (χ0) is 14.0. The monoisotopic (exact) mass is 230 g/mol. The maximum atomic E-state index is 4.04. The number of hydrogen-bond donors (Lipinski definition) is 0. The second-order valence-corrected chi connectivity index (χ2v) is 3.82. The molecule has 0 aliphatic rings. The van der Waals surface area contributed by atoms with Crippen molar-refractivity contribution in [3.63, 3.8) is 0 Å². The van der Waals surface area contributed by atoms with E-state index in [1.165, 1.54) is 16.7 Å². The molecule has 0 N–H and O–H groups in total. The molecule has 0 rings (SSSR count). The van der Waals surface area contributed by atoms with Crippen molar-refractivity contribution in [3.8, 4) is 0 Å². The van der Waals surface area contributed by atoms with Crippen LogP contribution in [0.4, 0.5) is 0 Å². The van der Waals surface area contributed by atoms with Gasteiger partial charge in [0.1, 0.15) is 0 Å². The van der Waals surface area contributed by atoms with Crippen LogP contribution in [0, 0.1) is 0 Å². The highest BCUT2D eigenvalue weighted by Gasteiger charge is 2.08. The maximum Gasteiger partial charge on any atom is -0.0132 e. The van der Waals surface area contributed by atoms with Gasteiger partial charge in [0.05, 0.1) is 0 Å². The molecular formula is C17H26. The lowest BCUT2D eigenvalue weighted by molar-refractivity contribution is 1.26. The molecule has 94 valence electrons. The molecule has 0 aromatic heterocycles. The molecule has 0 saturated heterocycles. The van der Waals surface area contributed by atoms with Crippen LogP contribution in [0.5, 0.6) is 0 Å². The van der Waals surface area contributed by atoms with Crippen molar-refractivity contribution in [1.29, 1.82) is 0 Å². The summed E-state index contributed by atoms with van der Waals surface area (Å²) in [6.07, 6.45) is 6.25. The van der Waals surface area contributed by atoms with Gasteiger partial charge in [-0.3, -0.25) is 0 Å². The average Bonchev–Trinajstić information content (AvgIpc) is 2.27. The van der Waals surface area contributed by atoms with Crippen LogP contribution in [0.15, 0.2) is 72.4 Å². The highest BCUT2D eigenvalue weighted by atomic mass is 14.1. The van der Waals surface area contributed by atoms with Gasteiger partial charge >= 0.3 is 0 Å². The molecule has 0 nitrogen and oxygen atoms in total. The SMILES string of the molecule is C=C.C=C(C)C(=C/C)/C(C(=C)C)=C(C)/C=C\C. The molecule has 0 aliphatic heterocycles. The Labute approximate surface area is 107 Å². The first-order chi connectivity index (χ1) is 7.95. The van der Waals surface area contributed by atoms with E-state index in [2.05, 4.69) is 45.4 Å². The van der Waals surface area contributed by atoms with Crippen LogP contribution in [0.1, 0.15) is 34.6 Å². The molecule has 0 bridgehead atoms. The van der Waals surface area contributed by atoms with Crippen molar-refractivity contribution in [2.45, 2.75) is 34.6 Å². The highest BCUT2D eigenvalue weighted by Crippen LogP contribution is 2.27. The Morgan fingerprint density at radius 3 is 1.59 bits per heavy atom. The standard InChI is InChI=1S/C15H22.C2H4/c1-8-10-13(7)15(12(5)6)14(9-2)11(3)4;1-2/h8-10H,3,5H2,1-2,4,6-7H3;1-2H2/b10-8-,14-9-,15-13+;. The minimum absolute atomic E-state index is 1.08. The predicted octanol–water partition coefficient (Wildman–Crippen LogP) is 5.78. The van der Waals surface area contributed by atoms with Gasteiger partial charge in [-0.2, -0.15) is 0 Å². The van der Waals surface area contributed by atoms with Crippen molar-refractivity contribution < 1.29 is 0 Å². The van der Waals surface area contributed by atoms with E-state index in [0.29, 0.717) is 0 Å². The molecule has 0 saturated carbocycles. The van der Waals surface area contributed by atoms with Crippen LogP contribution >= 0.6 is 0 Å². The summed E-state index contributed by atoms with van der Waals surface area (Å²) in [7, 11) is 0. The fourth-order valence-electron chi connectivity index (χ4n) is 1.72. The number of allylic oxidation sites excluding steroid dienone is 8. The molecule has 0 heteroatoms. The molecule has 0 fully saturated rings. The normalized spacial score (nSPS) is 12.6. The minimum atomic E-state index is 1.08. The van der Waals surface area contributed by atoms with Gasteiger partial charge in [0.25, 0.3) is 0 Å². The predicted molar refractivity (Wildman–Crippen MR) is 82.2 cm³/mol. The molecule has 17 heavy (non-hydrogen) atoms. The summed E-state index contributed by atoms with van der Waals surface area (Å²) in [6.45, 7) is 24.3. The lowest BCUT2D eigenvalue weighted by atomic mass is 9.91. The minimum Gasteiger partial charge on any atom is -0.106 e. The van der Waals surface area contributed by atoms with Crippen molar-refractivity contribution in [2.24, 2.45) is 0 Å². The largest absolute Gasteiger partial charge is 0.106 e. The molecule has 0 amide bonds. The van der Waals surface area contributed by atoms with Gasteiger partial charge < -0.3 is 0 Å². The van der Waals surface area contributed by atoms with Gasteiger partial charge in [0.2, 0.25) is 0 Å². The molecule has 0 spiro atoms. The fourth-order valence-corrected chi connectivity index (χ4v) is 1.72. The smallest absolute Gasteiger partial charge is 0.0132 e. The van der Waals surface area contributed by atoms with Gasteiger partial charge in [-0.05, 0) is 51.3 Å². The van der Waals surface area contributed by atoms with Crippen molar-refractivity contribution >= 4 is 0 Å². The molecule has 0 aromatic rings. The summed E-state index contributed by atoms with van der Waals surface area (Å²) in [5.74, 6) is 0. The molecule has 0 heterocycles. The van der Waals surface area contributed by atoms with E-state index in [-0.39, 0.29) is 0 Å². The zero-order valence-corrected chi connectivity index (χ0v) is 12.1. The maximum absolute atomic E-state index is 4.04. The summed E-state index contributed by atoms with van der Waals surface area (Å²) in [5.41, 5.74) is 5.81. The summed E-state index contributed by atoms with van der Waals surface area (Å²) in [6, 6.07) is 0. The molecule has 0 aromatic carbocycles. The third kappa shape index (κ3) is 5.91. The van der Waals surface area contributed by atoms with E-state index < -0.39 is 0 Å². The Bertz CT molecular complexity index is 359. The first-order valence-electron chi connectivity index (χ1n) is 5.77. The lowest BCUT2D eigenvalue weighted by Gasteiger charge is -2.14. The van der Waals surface area contributed by atoms with E-state index in [4.69, 9.17) is 0 Å². The van der Waals surface area contributed by atoms with E-state index in [0.717, 1.165) is 11.1 Å². The Balaban J connectivity index is 0. The Morgan fingerprint density at radius 2 is 1.35 bits per heavy atom. The molecule has 0 atom stereocenters. The van der Waals surface area contributed by atoms with E-state index >= 15 is 0 Å². The first kappa shape index (κ1) is 17.8. The fraction of sp³-hybridized carbons (Fsp3) is 0.294. The average molecular weight is 230 g/mol. The Kier molecular flexibility index (Phi) is 10.1. The van der Waals surface area contributed by atoms with Crippen LogP contribution in [-0.4, -0.2) is 0 Å². The van der Waals surface area contributed by atoms with Gasteiger partial charge in [0, 0.05) is 0 Å². The van der Waals surface area contributed by atoms with E-state index in [9.17, 15) is 0 Å². The molecular weight excluding hydrogens is 204 g/mol. The zero-order valence-electron chi connectivity index (χ0n) is 12.1. The summed E-state index contributed by atoms with van der Waals surface area (Å²) in [4.78, 5) is 0. The first-order valence-corrected chi connectivity index (χ1v) is 5.77. The van der Waals surface area contributed by atoms with Crippen molar-refractivity contribution in [2.75, 3.05) is 0 Å². The second-order valence-electron chi connectivity index (χ2n) is 3.82. The topological polar surface area (TPSA) is 0 Å². The highest BCUT2D eigenvalue weighted by molar-refractivity contribution is 5.56.